The van der Waals surface area contributed by atoms with Crippen LogP contribution in [-0.2, 0) is 4.79 Å². The fourth-order valence-electron chi connectivity index (χ4n) is 4.67. The van der Waals surface area contributed by atoms with Gasteiger partial charge in [0.1, 0.15) is 0 Å². The number of carbonyl (C=O) groups excluding carboxylic acids is 2. The molecular weight excluding hydrogens is 362 g/mol. The standard InChI is InChI=1S/C22H28F2N2O2/c1-21(12-20(25)28,16-5-6-16)11-19(27)15-4-7-17(14-2-3-14)18(10-15)26-9-8-22(23,24)13-26/h4,7,10,14,16H,2-3,5-6,8-9,11-13H2,1H3,(H2,25,28)/t21-/m0/s1. The second-order valence-corrected chi connectivity index (χ2v) is 9.25. The van der Waals surface area contributed by atoms with Crippen LogP contribution in [0.25, 0.3) is 0 Å². The van der Waals surface area contributed by atoms with Crippen molar-refractivity contribution in [1.82, 2.24) is 0 Å². The van der Waals surface area contributed by atoms with Crippen molar-refractivity contribution < 1.29 is 18.4 Å². The van der Waals surface area contributed by atoms with Gasteiger partial charge >= 0.3 is 0 Å². The van der Waals surface area contributed by atoms with E-state index in [4.69, 9.17) is 5.73 Å². The molecule has 0 aromatic heterocycles. The van der Waals surface area contributed by atoms with E-state index in [1.165, 1.54) is 0 Å². The zero-order chi connectivity index (χ0) is 20.1. The minimum atomic E-state index is -2.67. The van der Waals surface area contributed by atoms with Crippen molar-refractivity contribution in [2.24, 2.45) is 17.1 Å². The number of carbonyl (C=O) groups is 2. The average Bonchev–Trinajstić information content (AvgIpc) is 3.51. The number of amides is 1. The molecule has 1 aromatic carbocycles. The van der Waals surface area contributed by atoms with Gasteiger partial charge in [0, 0.05) is 37.1 Å². The molecule has 1 heterocycles. The molecule has 6 heteroatoms. The predicted octanol–water partition coefficient (Wildman–Crippen LogP) is 4.27. The molecule has 4 rings (SSSR count). The highest BCUT2D eigenvalue weighted by molar-refractivity contribution is 5.98. The molecule has 1 aromatic rings. The number of Topliss-reactive ketones (excluding diaryl/α,β-unsaturated/α-hetero) is 1. The van der Waals surface area contributed by atoms with Crippen molar-refractivity contribution >= 4 is 17.4 Å². The Labute approximate surface area is 164 Å². The first kappa shape index (κ1) is 19.3. The molecule has 0 radical (unpaired) electrons. The topological polar surface area (TPSA) is 63.4 Å². The van der Waals surface area contributed by atoms with Crippen molar-refractivity contribution in [3.63, 3.8) is 0 Å². The van der Waals surface area contributed by atoms with Gasteiger partial charge in [0.2, 0.25) is 5.91 Å². The number of halogens is 2. The minimum Gasteiger partial charge on any atom is -0.370 e. The van der Waals surface area contributed by atoms with Gasteiger partial charge in [-0.1, -0.05) is 19.1 Å². The molecule has 152 valence electrons. The Kier molecular flexibility index (Phi) is 4.71. The molecular formula is C22H28F2N2O2. The van der Waals surface area contributed by atoms with E-state index in [9.17, 15) is 18.4 Å². The van der Waals surface area contributed by atoms with Crippen molar-refractivity contribution in [2.45, 2.75) is 63.7 Å². The first-order valence-corrected chi connectivity index (χ1v) is 10.3. The molecule has 28 heavy (non-hydrogen) atoms. The summed E-state index contributed by atoms with van der Waals surface area (Å²) in [6.07, 6.45) is 4.50. The van der Waals surface area contributed by atoms with Gasteiger partial charge in [-0.15, -0.1) is 0 Å². The molecule has 0 spiro atoms. The Morgan fingerprint density at radius 3 is 2.46 bits per heavy atom. The number of hydrogen-bond acceptors (Lipinski definition) is 3. The Morgan fingerprint density at radius 1 is 1.21 bits per heavy atom. The molecule has 2 N–H and O–H groups in total. The molecule has 2 saturated carbocycles. The van der Waals surface area contributed by atoms with Gasteiger partial charge in [0.25, 0.3) is 5.92 Å². The largest absolute Gasteiger partial charge is 0.370 e. The lowest BCUT2D eigenvalue weighted by Gasteiger charge is -2.28. The highest BCUT2D eigenvalue weighted by Gasteiger charge is 2.44. The molecule has 3 fully saturated rings. The third kappa shape index (κ3) is 4.06. The first-order valence-electron chi connectivity index (χ1n) is 10.3. The molecule has 0 unspecified atom stereocenters. The van der Waals surface area contributed by atoms with E-state index in [0.717, 1.165) is 36.9 Å². The number of hydrogen-bond donors (Lipinski definition) is 1. The molecule has 1 aliphatic heterocycles. The SMILES string of the molecule is C[C@@](CC(N)=O)(CC(=O)c1ccc(C2CC2)c(N2CCC(F)(F)C2)c1)C1CC1. The number of benzene rings is 1. The monoisotopic (exact) mass is 390 g/mol. The van der Waals surface area contributed by atoms with E-state index in [2.05, 4.69) is 0 Å². The molecule has 2 aliphatic carbocycles. The maximum Gasteiger partial charge on any atom is 0.266 e. The third-order valence-corrected chi connectivity index (χ3v) is 6.59. The van der Waals surface area contributed by atoms with Crippen LogP contribution in [0.3, 0.4) is 0 Å². The highest BCUT2D eigenvalue weighted by Crippen LogP contribution is 2.50. The van der Waals surface area contributed by atoms with Crippen LogP contribution in [0.1, 0.15) is 73.7 Å². The number of primary amides is 1. The van der Waals surface area contributed by atoms with Crippen LogP contribution < -0.4 is 10.6 Å². The first-order chi connectivity index (χ1) is 13.2. The summed E-state index contributed by atoms with van der Waals surface area (Å²) in [5.41, 5.74) is 7.42. The smallest absolute Gasteiger partial charge is 0.266 e. The number of nitrogens with two attached hydrogens (primary N) is 1. The fraction of sp³-hybridized carbons (Fsp3) is 0.636. The van der Waals surface area contributed by atoms with Crippen LogP contribution in [-0.4, -0.2) is 30.7 Å². The second kappa shape index (κ2) is 6.82. The Balaban J connectivity index is 1.58. The molecule has 0 bridgehead atoms. The lowest BCUT2D eigenvalue weighted by Crippen LogP contribution is -2.30. The summed E-state index contributed by atoms with van der Waals surface area (Å²) in [7, 11) is 0. The van der Waals surface area contributed by atoms with Gasteiger partial charge in [0.15, 0.2) is 5.78 Å². The maximum absolute atomic E-state index is 13.8. The van der Waals surface area contributed by atoms with Crippen LogP contribution >= 0.6 is 0 Å². The minimum absolute atomic E-state index is 0.0368. The Bertz CT molecular complexity index is 802. The van der Waals surface area contributed by atoms with Crippen LogP contribution in [0, 0.1) is 11.3 Å². The Morgan fingerprint density at radius 2 is 1.93 bits per heavy atom. The lowest BCUT2D eigenvalue weighted by molar-refractivity contribution is -0.120. The van der Waals surface area contributed by atoms with Crippen LogP contribution in [0.2, 0.25) is 0 Å². The van der Waals surface area contributed by atoms with Crippen LogP contribution in [0.5, 0.6) is 0 Å². The number of alkyl halides is 2. The normalized spacial score (nSPS) is 23.5. The predicted molar refractivity (Wildman–Crippen MR) is 104 cm³/mol. The van der Waals surface area contributed by atoms with Crippen molar-refractivity contribution in [2.75, 3.05) is 18.0 Å². The van der Waals surface area contributed by atoms with Crippen LogP contribution in [0.15, 0.2) is 18.2 Å². The van der Waals surface area contributed by atoms with E-state index in [1.807, 2.05) is 19.1 Å². The van der Waals surface area contributed by atoms with E-state index < -0.39 is 11.3 Å². The number of rotatable bonds is 8. The quantitative estimate of drug-likeness (QED) is 0.674. The molecule has 4 nitrogen and oxygen atoms in total. The number of anilines is 1. The maximum atomic E-state index is 13.8. The number of nitrogens with zero attached hydrogens (tertiary/aromatic N) is 1. The average molecular weight is 390 g/mol. The number of ketones is 1. The lowest BCUT2D eigenvalue weighted by atomic mass is 9.76. The zero-order valence-electron chi connectivity index (χ0n) is 16.3. The van der Waals surface area contributed by atoms with Gasteiger partial charge in [-0.25, -0.2) is 8.78 Å². The van der Waals surface area contributed by atoms with Crippen LogP contribution in [0.4, 0.5) is 14.5 Å². The van der Waals surface area contributed by atoms with E-state index in [0.29, 0.717) is 23.9 Å². The zero-order valence-corrected chi connectivity index (χ0v) is 16.3. The van der Waals surface area contributed by atoms with Crippen molar-refractivity contribution in [3.05, 3.63) is 29.3 Å². The molecule has 1 amide bonds. The van der Waals surface area contributed by atoms with Gasteiger partial charge in [0.05, 0.1) is 6.54 Å². The molecule has 1 saturated heterocycles. The molecule has 1 atom stereocenters. The summed E-state index contributed by atoms with van der Waals surface area (Å²) in [4.78, 5) is 26.3. The summed E-state index contributed by atoms with van der Waals surface area (Å²) in [5, 5.41) is 0. The van der Waals surface area contributed by atoms with E-state index in [1.54, 1.807) is 11.0 Å². The van der Waals surface area contributed by atoms with Crippen molar-refractivity contribution in [3.8, 4) is 0 Å². The van der Waals surface area contributed by atoms with Crippen molar-refractivity contribution in [1.29, 1.82) is 0 Å². The summed E-state index contributed by atoms with van der Waals surface area (Å²) >= 11 is 0. The van der Waals surface area contributed by atoms with Gasteiger partial charge < -0.3 is 10.6 Å². The molecule has 3 aliphatic rings. The third-order valence-electron chi connectivity index (χ3n) is 6.59. The second-order valence-electron chi connectivity index (χ2n) is 9.25. The summed E-state index contributed by atoms with van der Waals surface area (Å²) < 4.78 is 27.6. The Hall–Kier alpha value is -1.98. The fourth-order valence-corrected chi connectivity index (χ4v) is 4.67. The summed E-state index contributed by atoms with van der Waals surface area (Å²) in [5.74, 6) is -2.32. The van der Waals surface area contributed by atoms with Gasteiger partial charge in [-0.2, -0.15) is 0 Å². The van der Waals surface area contributed by atoms with Gasteiger partial charge in [-0.3, -0.25) is 9.59 Å². The summed E-state index contributed by atoms with van der Waals surface area (Å²) in [6, 6.07) is 5.57. The van der Waals surface area contributed by atoms with E-state index >= 15 is 0 Å². The van der Waals surface area contributed by atoms with E-state index in [-0.39, 0.29) is 37.5 Å². The summed E-state index contributed by atoms with van der Waals surface area (Å²) in [6.45, 7) is 1.99. The highest BCUT2D eigenvalue weighted by atomic mass is 19.3. The van der Waals surface area contributed by atoms with Gasteiger partial charge in [-0.05, 0) is 54.6 Å².